The quantitative estimate of drug-likeness (QED) is 0.494. The van der Waals surface area contributed by atoms with Crippen molar-refractivity contribution in [3.63, 3.8) is 0 Å². The normalized spacial score (nSPS) is 18.9. The molecule has 1 amide bonds. The molecule has 1 aromatic heterocycles. The van der Waals surface area contributed by atoms with Gasteiger partial charge in [-0.05, 0) is 46.5 Å². The van der Waals surface area contributed by atoms with Crippen LogP contribution in [0.1, 0.15) is 31.9 Å². The predicted octanol–water partition coefficient (Wildman–Crippen LogP) is 4.83. The third kappa shape index (κ3) is 4.71. The van der Waals surface area contributed by atoms with Crippen LogP contribution in [0.15, 0.2) is 52.4 Å². The molecule has 1 fully saturated rings. The van der Waals surface area contributed by atoms with E-state index in [1.165, 1.54) is 17.3 Å². The van der Waals surface area contributed by atoms with Crippen LogP contribution in [0.2, 0.25) is 5.15 Å². The molecule has 1 aromatic carbocycles. The molecule has 156 valence electrons. The van der Waals surface area contributed by atoms with Gasteiger partial charge in [-0.15, -0.1) is 0 Å². The number of piperazine rings is 1. The van der Waals surface area contributed by atoms with Gasteiger partial charge in [0.15, 0.2) is 5.17 Å². The number of anilines is 1. The molecule has 3 heterocycles. The van der Waals surface area contributed by atoms with E-state index in [1.807, 2.05) is 18.2 Å². The van der Waals surface area contributed by atoms with Crippen molar-refractivity contribution >= 4 is 46.3 Å². The number of halogens is 1. The topological polar surface area (TPSA) is 48.8 Å². The van der Waals surface area contributed by atoms with Crippen LogP contribution in [-0.2, 0) is 10.2 Å². The molecule has 0 radical (unpaired) electrons. The van der Waals surface area contributed by atoms with E-state index < -0.39 is 0 Å². The average Bonchev–Trinajstić information content (AvgIpc) is 3.08. The number of aromatic nitrogens is 1. The molecule has 0 spiro atoms. The van der Waals surface area contributed by atoms with Crippen LogP contribution in [0, 0.1) is 0 Å². The Morgan fingerprint density at radius 3 is 2.30 bits per heavy atom. The van der Waals surface area contributed by atoms with Gasteiger partial charge in [-0.3, -0.25) is 4.79 Å². The predicted molar refractivity (Wildman–Crippen MR) is 126 cm³/mol. The molecule has 0 saturated carbocycles. The number of pyridine rings is 1. The minimum Gasteiger partial charge on any atom is -0.353 e. The average molecular weight is 441 g/mol. The van der Waals surface area contributed by atoms with Crippen molar-refractivity contribution in [1.29, 1.82) is 0 Å². The zero-order valence-corrected chi connectivity index (χ0v) is 19.0. The lowest BCUT2D eigenvalue weighted by Crippen LogP contribution is -2.48. The minimum atomic E-state index is -0.158. The molecule has 0 unspecified atom stereocenters. The van der Waals surface area contributed by atoms with Gasteiger partial charge in [-0.25, -0.2) is 4.98 Å². The van der Waals surface area contributed by atoms with Crippen molar-refractivity contribution < 1.29 is 4.79 Å². The van der Waals surface area contributed by atoms with E-state index in [2.05, 4.69) is 64.8 Å². The van der Waals surface area contributed by atoms with Crippen LogP contribution in [0.3, 0.4) is 0 Å². The second-order valence-electron chi connectivity index (χ2n) is 8.47. The van der Waals surface area contributed by atoms with E-state index >= 15 is 0 Å². The second-order valence-corrected chi connectivity index (χ2v) is 9.87. The third-order valence-corrected chi connectivity index (χ3v) is 6.51. The molecule has 1 saturated heterocycles. The zero-order valence-electron chi connectivity index (χ0n) is 17.4. The largest absolute Gasteiger partial charge is 0.353 e. The molecule has 0 atom stereocenters. The Balaban J connectivity index is 1.39. The van der Waals surface area contributed by atoms with E-state index in [-0.39, 0.29) is 11.3 Å². The Morgan fingerprint density at radius 2 is 1.67 bits per heavy atom. The maximum Gasteiger partial charge on any atom is 0.286 e. The summed E-state index contributed by atoms with van der Waals surface area (Å²) in [6, 6.07) is 14.0. The molecule has 30 heavy (non-hydrogen) atoms. The van der Waals surface area contributed by atoms with E-state index in [1.54, 1.807) is 6.07 Å². The van der Waals surface area contributed by atoms with Crippen LogP contribution in [0.25, 0.3) is 6.08 Å². The Hall–Kier alpha value is -2.31. The molecule has 7 heteroatoms. The summed E-state index contributed by atoms with van der Waals surface area (Å²) < 4.78 is 0. The maximum absolute atomic E-state index is 12.4. The molecule has 2 aromatic rings. The summed E-state index contributed by atoms with van der Waals surface area (Å²) in [4.78, 5) is 26.2. The number of aliphatic imine (C=N–C) groups is 1. The van der Waals surface area contributed by atoms with Gasteiger partial charge in [0.05, 0.1) is 4.91 Å². The van der Waals surface area contributed by atoms with Crippen LogP contribution in [-0.4, -0.2) is 47.1 Å². The summed E-state index contributed by atoms with van der Waals surface area (Å²) in [5, 5.41) is 1.29. The first-order valence-corrected chi connectivity index (χ1v) is 11.2. The lowest BCUT2D eigenvalue weighted by molar-refractivity contribution is -0.113. The van der Waals surface area contributed by atoms with E-state index in [0.717, 1.165) is 42.7 Å². The molecule has 4 rings (SSSR count). The molecular formula is C23H25ClN4OS. The SMILES string of the molecule is CC(C)(C)c1ccc(/C=C2\SC(N3CCN(c4cccc(Cl)n4)CC3)=NC2=O)cc1. The van der Waals surface area contributed by atoms with Crippen molar-refractivity contribution in [2.24, 2.45) is 4.99 Å². The summed E-state index contributed by atoms with van der Waals surface area (Å²) in [5.41, 5.74) is 2.41. The van der Waals surface area contributed by atoms with Gasteiger partial charge < -0.3 is 9.80 Å². The third-order valence-electron chi connectivity index (χ3n) is 5.26. The van der Waals surface area contributed by atoms with Crippen molar-refractivity contribution in [2.45, 2.75) is 26.2 Å². The smallest absolute Gasteiger partial charge is 0.286 e. The van der Waals surface area contributed by atoms with Crippen LogP contribution >= 0.6 is 23.4 Å². The number of rotatable bonds is 2. The first-order chi connectivity index (χ1) is 14.3. The highest BCUT2D eigenvalue weighted by molar-refractivity contribution is 8.18. The summed E-state index contributed by atoms with van der Waals surface area (Å²) in [7, 11) is 0. The minimum absolute atomic E-state index is 0.114. The summed E-state index contributed by atoms with van der Waals surface area (Å²) in [6.45, 7) is 9.79. The lowest BCUT2D eigenvalue weighted by atomic mass is 9.87. The fourth-order valence-electron chi connectivity index (χ4n) is 3.46. The number of amides is 1. The van der Waals surface area contributed by atoms with Crippen LogP contribution < -0.4 is 4.90 Å². The number of carbonyl (C=O) groups is 1. The zero-order chi connectivity index (χ0) is 21.3. The van der Waals surface area contributed by atoms with Gasteiger partial charge >= 0.3 is 0 Å². The molecule has 0 bridgehead atoms. The van der Waals surface area contributed by atoms with Crippen LogP contribution in [0.4, 0.5) is 5.82 Å². The number of hydrogen-bond acceptors (Lipinski definition) is 5. The van der Waals surface area contributed by atoms with Gasteiger partial charge in [0.25, 0.3) is 5.91 Å². The Kier molecular flexibility index (Phi) is 5.89. The Labute approximate surface area is 186 Å². The second kappa shape index (κ2) is 8.44. The van der Waals surface area contributed by atoms with Crippen molar-refractivity contribution in [3.8, 4) is 0 Å². The monoisotopic (exact) mass is 440 g/mol. The van der Waals surface area contributed by atoms with E-state index in [0.29, 0.717) is 10.1 Å². The van der Waals surface area contributed by atoms with E-state index in [9.17, 15) is 4.79 Å². The first kappa shape index (κ1) is 20.9. The van der Waals surface area contributed by atoms with Crippen molar-refractivity contribution in [2.75, 3.05) is 31.1 Å². The highest BCUT2D eigenvalue weighted by atomic mass is 35.5. The maximum atomic E-state index is 12.4. The molecular weight excluding hydrogens is 416 g/mol. The molecule has 5 nitrogen and oxygen atoms in total. The number of hydrogen-bond donors (Lipinski definition) is 0. The van der Waals surface area contributed by atoms with Crippen LogP contribution in [0.5, 0.6) is 0 Å². The Morgan fingerprint density at radius 1 is 1.00 bits per heavy atom. The van der Waals surface area contributed by atoms with Crippen molar-refractivity contribution in [3.05, 3.63) is 63.6 Å². The fraction of sp³-hybridized carbons (Fsp3) is 0.348. The molecule has 2 aliphatic heterocycles. The van der Waals surface area contributed by atoms with Gasteiger partial charge in [-0.2, -0.15) is 4.99 Å². The van der Waals surface area contributed by atoms with Gasteiger partial charge in [0, 0.05) is 26.2 Å². The standard InChI is InChI=1S/C23H25ClN4OS/c1-23(2,3)17-9-7-16(8-10-17)15-18-21(29)26-22(30-18)28-13-11-27(12-14-28)20-6-4-5-19(24)25-20/h4-10,15H,11-14H2,1-3H3/b18-15-. The van der Waals surface area contributed by atoms with Gasteiger partial charge in [-0.1, -0.05) is 62.7 Å². The summed E-state index contributed by atoms with van der Waals surface area (Å²) in [5.74, 6) is 0.729. The number of amidine groups is 1. The summed E-state index contributed by atoms with van der Waals surface area (Å²) >= 11 is 7.47. The fourth-order valence-corrected chi connectivity index (χ4v) is 4.59. The van der Waals surface area contributed by atoms with Gasteiger partial charge in [0.2, 0.25) is 0 Å². The summed E-state index contributed by atoms with van der Waals surface area (Å²) in [6.07, 6.45) is 1.93. The highest BCUT2D eigenvalue weighted by Crippen LogP contribution is 2.31. The van der Waals surface area contributed by atoms with Gasteiger partial charge in [0.1, 0.15) is 11.0 Å². The first-order valence-electron chi connectivity index (χ1n) is 10.1. The highest BCUT2D eigenvalue weighted by Gasteiger charge is 2.28. The molecule has 0 aliphatic carbocycles. The number of thioether (sulfide) groups is 1. The Bertz CT molecular complexity index is 1000. The van der Waals surface area contributed by atoms with E-state index in [4.69, 9.17) is 11.6 Å². The lowest BCUT2D eigenvalue weighted by Gasteiger charge is -2.36. The number of nitrogens with zero attached hydrogens (tertiary/aromatic N) is 4. The number of benzene rings is 1. The number of carbonyl (C=O) groups excluding carboxylic acids is 1. The van der Waals surface area contributed by atoms with Crippen molar-refractivity contribution in [1.82, 2.24) is 9.88 Å². The molecule has 0 N–H and O–H groups in total. The molecule has 2 aliphatic rings.